The van der Waals surface area contributed by atoms with Crippen LogP contribution >= 0.6 is 22.7 Å². The van der Waals surface area contributed by atoms with E-state index in [1.165, 1.54) is 27.5 Å². The molecule has 1 aromatic carbocycles. The molecule has 0 radical (unpaired) electrons. The van der Waals surface area contributed by atoms with E-state index in [0.717, 1.165) is 29.2 Å². The molecule has 0 saturated heterocycles. The van der Waals surface area contributed by atoms with E-state index in [-0.39, 0.29) is 4.88 Å². The molecule has 30 heavy (non-hydrogen) atoms. The Morgan fingerprint density at radius 1 is 1.23 bits per heavy atom. The summed E-state index contributed by atoms with van der Waals surface area (Å²) in [6.07, 6.45) is 2.37. The number of aryl methyl sites for hydroxylation is 1. The maximum Gasteiger partial charge on any atom is 0.349 e. The summed E-state index contributed by atoms with van der Waals surface area (Å²) < 4.78 is 6.79. The lowest BCUT2D eigenvalue weighted by Gasteiger charge is -2.09. The van der Waals surface area contributed by atoms with Crippen LogP contribution in [0.1, 0.15) is 27.7 Å². The van der Waals surface area contributed by atoms with E-state index in [4.69, 9.17) is 4.74 Å². The molecule has 3 aromatic heterocycles. The quantitative estimate of drug-likeness (QED) is 0.378. The molecule has 0 bridgehead atoms. The molecule has 4 rings (SSSR count). The van der Waals surface area contributed by atoms with Crippen LogP contribution < -0.4 is 10.1 Å². The Kier molecular flexibility index (Phi) is 5.96. The number of carbonyl (C=O) groups is 1. The van der Waals surface area contributed by atoms with Gasteiger partial charge in [0.05, 0.1) is 17.2 Å². The fourth-order valence-electron chi connectivity index (χ4n) is 3.31. The second kappa shape index (κ2) is 8.81. The van der Waals surface area contributed by atoms with Crippen molar-refractivity contribution >= 4 is 44.5 Å². The van der Waals surface area contributed by atoms with E-state index in [1.807, 2.05) is 13.0 Å². The fourth-order valence-corrected chi connectivity index (χ4v) is 5.15. The highest BCUT2D eigenvalue weighted by molar-refractivity contribution is 7.17. The van der Waals surface area contributed by atoms with Crippen molar-refractivity contribution < 1.29 is 14.6 Å². The Hall–Kier alpha value is -2.97. The summed E-state index contributed by atoms with van der Waals surface area (Å²) in [5, 5.41) is 16.2. The number of hydrogen-bond donors (Lipinski definition) is 2. The standard InChI is InChI=1S/C22H21N3O3S2/c1-3-28-17-11-18(30-21(17)22(26)27)16-10-19(25-12-24-16)23-8-6-14-4-5-15-7-9-29-20(15)13(14)2/h4-5,7,9-12H,3,6,8H2,1-2H3,(H,26,27)(H,23,24,25). The highest BCUT2D eigenvalue weighted by Crippen LogP contribution is 2.36. The van der Waals surface area contributed by atoms with Gasteiger partial charge in [-0.25, -0.2) is 14.8 Å². The number of hydrogen-bond acceptors (Lipinski definition) is 7. The molecular weight excluding hydrogens is 418 g/mol. The second-order valence-electron chi connectivity index (χ2n) is 6.70. The number of benzene rings is 1. The van der Waals surface area contributed by atoms with Crippen molar-refractivity contribution in [2.24, 2.45) is 0 Å². The van der Waals surface area contributed by atoms with Gasteiger partial charge in [0, 0.05) is 23.4 Å². The lowest BCUT2D eigenvalue weighted by Crippen LogP contribution is -2.07. The molecular formula is C22H21N3O3S2. The summed E-state index contributed by atoms with van der Waals surface area (Å²) in [7, 11) is 0. The third kappa shape index (κ3) is 4.15. The van der Waals surface area contributed by atoms with Gasteiger partial charge in [0.25, 0.3) is 0 Å². The predicted molar refractivity (Wildman–Crippen MR) is 122 cm³/mol. The number of rotatable bonds is 8. The van der Waals surface area contributed by atoms with E-state index in [0.29, 0.717) is 23.9 Å². The van der Waals surface area contributed by atoms with Gasteiger partial charge in [0.15, 0.2) is 4.88 Å². The third-order valence-electron chi connectivity index (χ3n) is 4.79. The average Bonchev–Trinajstić information content (AvgIpc) is 3.38. The molecule has 0 unspecified atom stereocenters. The minimum Gasteiger partial charge on any atom is -0.492 e. The predicted octanol–water partition coefficient (Wildman–Crippen LogP) is 5.48. The van der Waals surface area contributed by atoms with Crippen LogP contribution in [0.3, 0.4) is 0 Å². The van der Waals surface area contributed by atoms with Crippen molar-refractivity contribution in [3.63, 3.8) is 0 Å². The van der Waals surface area contributed by atoms with Gasteiger partial charge >= 0.3 is 5.97 Å². The third-order valence-corrected chi connectivity index (χ3v) is 6.97. The number of aromatic nitrogens is 2. The summed E-state index contributed by atoms with van der Waals surface area (Å²) in [6, 6.07) is 10.1. The molecule has 0 saturated carbocycles. The van der Waals surface area contributed by atoms with Crippen LogP contribution in [0, 0.1) is 6.92 Å². The zero-order valence-electron chi connectivity index (χ0n) is 16.6. The molecule has 0 amide bonds. The minimum atomic E-state index is -1.000. The van der Waals surface area contributed by atoms with Crippen LogP contribution in [0.5, 0.6) is 5.75 Å². The van der Waals surface area contributed by atoms with Gasteiger partial charge in [0.2, 0.25) is 0 Å². The fraction of sp³-hybridized carbons (Fsp3) is 0.227. The normalized spacial score (nSPS) is 11.0. The second-order valence-corrected chi connectivity index (χ2v) is 8.66. The first-order valence-electron chi connectivity index (χ1n) is 9.58. The molecule has 0 aliphatic carbocycles. The van der Waals surface area contributed by atoms with E-state index in [1.54, 1.807) is 17.4 Å². The number of thiophene rings is 2. The van der Waals surface area contributed by atoms with Gasteiger partial charge in [-0.15, -0.1) is 22.7 Å². The molecule has 2 N–H and O–H groups in total. The van der Waals surface area contributed by atoms with Crippen molar-refractivity contribution in [3.8, 4) is 16.3 Å². The van der Waals surface area contributed by atoms with E-state index >= 15 is 0 Å². The first-order chi connectivity index (χ1) is 14.6. The van der Waals surface area contributed by atoms with E-state index in [9.17, 15) is 9.90 Å². The zero-order valence-corrected chi connectivity index (χ0v) is 18.3. The number of aromatic carboxylic acids is 1. The number of ether oxygens (including phenoxy) is 1. The van der Waals surface area contributed by atoms with Crippen LogP contribution in [-0.4, -0.2) is 34.2 Å². The number of carboxylic acid groups (broad SMARTS) is 1. The Morgan fingerprint density at radius 3 is 2.90 bits per heavy atom. The first kappa shape index (κ1) is 20.3. The molecule has 0 aliphatic rings. The number of fused-ring (bicyclic) bond motifs is 1. The minimum absolute atomic E-state index is 0.180. The molecule has 6 nitrogen and oxygen atoms in total. The molecule has 8 heteroatoms. The maximum atomic E-state index is 11.5. The topological polar surface area (TPSA) is 84.3 Å². The molecule has 4 aromatic rings. The van der Waals surface area contributed by atoms with Crippen molar-refractivity contribution in [1.29, 1.82) is 0 Å². The van der Waals surface area contributed by atoms with Gasteiger partial charge < -0.3 is 15.2 Å². The monoisotopic (exact) mass is 439 g/mol. The Balaban J connectivity index is 1.48. The number of anilines is 1. The average molecular weight is 440 g/mol. The van der Waals surface area contributed by atoms with Gasteiger partial charge in [0.1, 0.15) is 17.9 Å². The first-order valence-corrected chi connectivity index (χ1v) is 11.3. The van der Waals surface area contributed by atoms with Crippen molar-refractivity contribution in [3.05, 3.63) is 58.0 Å². The highest BCUT2D eigenvalue weighted by atomic mass is 32.1. The van der Waals surface area contributed by atoms with Crippen LogP contribution in [0.15, 0.2) is 42.0 Å². The van der Waals surface area contributed by atoms with Gasteiger partial charge in [-0.05, 0) is 48.2 Å². The Bertz CT molecular complexity index is 1200. The van der Waals surface area contributed by atoms with Crippen LogP contribution in [0.4, 0.5) is 5.82 Å². The van der Waals surface area contributed by atoms with Crippen LogP contribution in [-0.2, 0) is 6.42 Å². The van der Waals surface area contributed by atoms with Crippen molar-refractivity contribution in [2.45, 2.75) is 20.3 Å². The van der Waals surface area contributed by atoms with Crippen LogP contribution in [0.2, 0.25) is 0 Å². The molecule has 0 spiro atoms. The lowest BCUT2D eigenvalue weighted by atomic mass is 10.0. The van der Waals surface area contributed by atoms with E-state index in [2.05, 4.69) is 45.8 Å². The summed E-state index contributed by atoms with van der Waals surface area (Å²) in [6.45, 7) is 5.14. The molecule has 0 fully saturated rings. The number of nitrogens with zero attached hydrogens (tertiary/aromatic N) is 2. The molecule has 0 atom stereocenters. The highest BCUT2D eigenvalue weighted by Gasteiger charge is 2.18. The molecule has 3 heterocycles. The van der Waals surface area contributed by atoms with Gasteiger partial charge in [-0.1, -0.05) is 12.1 Å². The van der Waals surface area contributed by atoms with Gasteiger partial charge in [-0.3, -0.25) is 0 Å². The molecule has 0 aliphatic heterocycles. The van der Waals surface area contributed by atoms with Crippen LogP contribution in [0.25, 0.3) is 20.7 Å². The Morgan fingerprint density at radius 2 is 2.10 bits per heavy atom. The van der Waals surface area contributed by atoms with Gasteiger partial charge in [-0.2, -0.15) is 0 Å². The molecule has 154 valence electrons. The summed E-state index contributed by atoms with van der Waals surface area (Å²) in [5.41, 5.74) is 3.32. The number of carboxylic acids is 1. The number of nitrogens with one attached hydrogen (secondary N) is 1. The maximum absolute atomic E-state index is 11.5. The van der Waals surface area contributed by atoms with E-state index < -0.39 is 5.97 Å². The van der Waals surface area contributed by atoms with Crippen molar-refractivity contribution in [1.82, 2.24) is 9.97 Å². The summed E-state index contributed by atoms with van der Waals surface area (Å²) in [4.78, 5) is 21.0. The lowest BCUT2D eigenvalue weighted by molar-refractivity contribution is 0.0698. The van der Waals surface area contributed by atoms with Crippen molar-refractivity contribution in [2.75, 3.05) is 18.5 Å². The SMILES string of the molecule is CCOc1cc(-c2cc(NCCc3ccc4ccsc4c3C)ncn2)sc1C(=O)O. The Labute approximate surface area is 182 Å². The smallest absolute Gasteiger partial charge is 0.349 e. The summed E-state index contributed by atoms with van der Waals surface area (Å²) in [5.74, 6) is 0.0795. The largest absolute Gasteiger partial charge is 0.492 e. The zero-order chi connectivity index (χ0) is 21.1. The summed E-state index contributed by atoms with van der Waals surface area (Å²) >= 11 is 2.93.